The number of benzene rings is 3. The van der Waals surface area contributed by atoms with E-state index in [0.717, 1.165) is 28.4 Å². The van der Waals surface area contributed by atoms with E-state index >= 15 is 0 Å². The van der Waals surface area contributed by atoms with Crippen molar-refractivity contribution in [3.05, 3.63) is 100 Å². The maximum absolute atomic E-state index is 12.9. The van der Waals surface area contributed by atoms with Gasteiger partial charge in [0.05, 0.1) is 21.2 Å². The minimum atomic E-state index is -4.01. The molecule has 0 aliphatic carbocycles. The first-order chi connectivity index (χ1) is 16.2. The summed E-state index contributed by atoms with van der Waals surface area (Å²) in [6.45, 7) is 4.01. The molecule has 0 radical (unpaired) electrons. The van der Waals surface area contributed by atoms with Crippen LogP contribution in [0.25, 0.3) is 5.69 Å². The van der Waals surface area contributed by atoms with Crippen LogP contribution >= 0.6 is 0 Å². The molecular formula is C23H22N6O4S. The summed E-state index contributed by atoms with van der Waals surface area (Å²) >= 11 is 0. The number of nitrogens with zero attached hydrogens (tertiary/aromatic N) is 4. The topological polar surface area (TPSA) is 132 Å². The summed E-state index contributed by atoms with van der Waals surface area (Å²) in [5.74, 6) is 0. The van der Waals surface area contributed by atoms with Gasteiger partial charge in [0.1, 0.15) is 18.3 Å². The van der Waals surface area contributed by atoms with E-state index in [9.17, 15) is 18.5 Å². The fourth-order valence-corrected chi connectivity index (χ4v) is 4.57. The highest BCUT2D eigenvalue weighted by Crippen LogP contribution is 2.29. The Bertz CT molecular complexity index is 1440. The van der Waals surface area contributed by atoms with E-state index in [2.05, 4.69) is 20.1 Å². The lowest BCUT2D eigenvalue weighted by Crippen LogP contribution is -2.14. The van der Waals surface area contributed by atoms with Gasteiger partial charge in [-0.15, -0.1) is 0 Å². The molecule has 10 nitrogen and oxygen atoms in total. The Labute approximate surface area is 196 Å². The van der Waals surface area contributed by atoms with Gasteiger partial charge >= 0.3 is 0 Å². The van der Waals surface area contributed by atoms with Crippen LogP contribution in [-0.2, 0) is 16.6 Å². The van der Waals surface area contributed by atoms with Crippen molar-refractivity contribution >= 4 is 27.1 Å². The minimum Gasteiger partial charge on any atom is -0.375 e. The Hall–Kier alpha value is -4.25. The molecule has 0 spiro atoms. The molecule has 34 heavy (non-hydrogen) atoms. The number of rotatable bonds is 8. The normalized spacial score (nSPS) is 11.2. The predicted octanol–water partition coefficient (Wildman–Crippen LogP) is 4.21. The molecule has 0 bridgehead atoms. The Kier molecular flexibility index (Phi) is 6.28. The van der Waals surface area contributed by atoms with E-state index in [4.69, 9.17) is 0 Å². The number of sulfonamides is 1. The summed E-state index contributed by atoms with van der Waals surface area (Å²) < 4.78 is 29.9. The lowest BCUT2D eigenvalue weighted by Gasteiger charge is -2.13. The molecule has 0 fully saturated rings. The fraction of sp³-hybridized carbons (Fsp3) is 0.130. The van der Waals surface area contributed by atoms with Gasteiger partial charge in [0.25, 0.3) is 15.7 Å². The van der Waals surface area contributed by atoms with Crippen molar-refractivity contribution < 1.29 is 13.3 Å². The lowest BCUT2D eigenvalue weighted by atomic mass is 10.1. The average molecular weight is 479 g/mol. The lowest BCUT2D eigenvalue weighted by molar-refractivity contribution is -0.384. The maximum atomic E-state index is 12.9. The number of hydrogen-bond donors (Lipinski definition) is 2. The monoisotopic (exact) mass is 478 g/mol. The van der Waals surface area contributed by atoms with Crippen LogP contribution in [0.5, 0.6) is 0 Å². The van der Waals surface area contributed by atoms with Crippen molar-refractivity contribution in [2.45, 2.75) is 25.3 Å². The molecule has 4 aromatic rings. The number of nitro benzene ring substituents is 1. The van der Waals surface area contributed by atoms with E-state index < -0.39 is 14.9 Å². The summed E-state index contributed by atoms with van der Waals surface area (Å²) in [6, 6.07) is 16.6. The van der Waals surface area contributed by atoms with Crippen molar-refractivity contribution in [3.8, 4) is 5.69 Å². The average Bonchev–Trinajstić information content (AvgIpc) is 3.35. The second kappa shape index (κ2) is 9.32. The highest BCUT2D eigenvalue weighted by atomic mass is 32.2. The van der Waals surface area contributed by atoms with E-state index in [-0.39, 0.29) is 16.3 Å². The third-order valence-electron chi connectivity index (χ3n) is 5.21. The van der Waals surface area contributed by atoms with Crippen molar-refractivity contribution in [3.63, 3.8) is 0 Å². The first-order valence-corrected chi connectivity index (χ1v) is 11.8. The summed E-state index contributed by atoms with van der Waals surface area (Å²) in [6.07, 6.45) is 3.02. The zero-order valence-electron chi connectivity index (χ0n) is 18.5. The molecule has 0 atom stereocenters. The van der Waals surface area contributed by atoms with E-state index in [0.29, 0.717) is 12.2 Å². The van der Waals surface area contributed by atoms with Crippen LogP contribution in [0.4, 0.5) is 17.1 Å². The zero-order chi connectivity index (χ0) is 24.3. The molecule has 2 N–H and O–H groups in total. The summed E-state index contributed by atoms with van der Waals surface area (Å²) in [5.41, 5.74) is 3.78. The fourth-order valence-electron chi connectivity index (χ4n) is 3.42. The molecule has 174 valence electrons. The maximum Gasteiger partial charge on any atom is 0.293 e. The molecule has 4 rings (SSSR count). The van der Waals surface area contributed by atoms with E-state index in [1.807, 2.05) is 37.3 Å². The first kappa shape index (κ1) is 22.9. The van der Waals surface area contributed by atoms with Gasteiger partial charge < -0.3 is 5.32 Å². The number of hydrogen-bond acceptors (Lipinski definition) is 7. The molecule has 0 saturated heterocycles. The van der Waals surface area contributed by atoms with Crippen LogP contribution in [0.2, 0.25) is 0 Å². The molecule has 0 unspecified atom stereocenters. The van der Waals surface area contributed by atoms with Crippen molar-refractivity contribution in [1.29, 1.82) is 0 Å². The number of nitrogens with one attached hydrogen (secondary N) is 2. The molecule has 0 amide bonds. The zero-order valence-corrected chi connectivity index (χ0v) is 19.3. The summed E-state index contributed by atoms with van der Waals surface area (Å²) in [7, 11) is -4.01. The van der Waals surface area contributed by atoms with Crippen LogP contribution in [0, 0.1) is 24.0 Å². The minimum absolute atomic E-state index is 0.193. The largest absolute Gasteiger partial charge is 0.375 e. The molecule has 3 aromatic carbocycles. The van der Waals surface area contributed by atoms with Crippen molar-refractivity contribution in [1.82, 2.24) is 14.8 Å². The molecule has 0 saturated carbocycles. The Morgan fingerprint density at radius 2 is 1.74 bits per heavy atom. The summed E-state index contributed by atoms with van der Waals surface area (Å²) in [4.78, 5) is 14.8. The smallest absolute Gasteiger partial charge is 0.293 e. The summed E-state index contributed by atoms with van der Waals surface area (Å²) in [5, 5.41) is 18.8. The van der Waals surface area contributed by atoms with Gasteiger partial charge in [0.2, 0.25) is 0 Å². The standard InChI is InChI=1S/C23H22N6O4S/c1-16-3-9-21(17(2)11-16)27-34(32,33)20-8-10-22(23(12-20)29(30)31)25-13-18-4-6-19(7-5-18)28-15-24-14-26-28/h3-12,14-15,25,27H,13H2,1-2H3. The van der Waals surface area contributed by atoms with Crippen LogP contribution in [0.15, 0.2) is 78.2 Å². The van der Waals surface area contributed by atoms with Crippen LogP contribution < -0.4 is 10.0 Å². The van der Waals surface area contributed by atoms with Gasteiger partial charge in [-0.05, 0) is 55.3 Å². The Balaban J connectivity index is 1.52. The molecule has 1 aromatic heterocycles. The number of anilines is 2. The SMILES string of the molecule is Cc1ccc(NS(=O)(=O)c2ccc(NCc3ccc(-n4cncn4)cc3)c([N+](=O)[O-])c2)c(C)c1. The molecule has 1 heterocycles. The van der Waals surface area contributed by atoms with Gasteiger partial charge in [0, 0.05) is 12.6 Å². The van der Waals surface area contributed by atoms with Crippen molar-refractivity contribution in [2.75, 3.05) is 10.0 Å². The van der Waals surface area contributed by atoms with Crippen molar-refractivity contribution in [2.24, 2.45) is 0 Å². The van der Waals surface area contributed by atoms with Crippen LogP contribution in [0.1, 0.15) is 16.7 Å². The predicted molar refractivity (Wildman–Crippen MR) is 129 cm³/mol. The second-order valence-corrected chi connectivity index (χ2v) is 9.40. The third kappa shape index (κ3) is 5.04. The van der Waals surface area contributed by atoms with E-state index in [1.54, 1.807) is 30.1 Å². The Morgan fingerprint density at radius 3 is 2.38 bits per heavy atom. The van der Waals surface area contributed by atoms with Crippen LogP contribution in [0.3, 0.4) is 0 Å². The van der Waals surface area contributed by atoms with Gasteiger partial charge in [-0.3, -0.25) is 14.8 Å². The second-order valence-electron chi connectivity index (χ2n) is 7.72. The number of aryl methyl sites for hydroxylation is 2. The molecule has 0 aliphatic rings. The molecular weight excluding hydrogens is 456 g/mol. The Morgan fingerprint density at radius 1 is 1.00 bits per heavy atom. The highest BCUT2D eigenvalue weighted by Gasteiger charge is 2.22. The third-order valence-corrected chi connectivity index (χ3v) is 6.57. The number of nitro groups is 1. The van der Waals surface area contributed by atoms with Gasteiger partial charge in [-0.25, -0.2) is 18.1 Å². The van der Waals surface area contributed by atoms with Gasteiger partial charge in [-0.2, -0.15) is 5.10 Å². The van der Waals surface area contributed by atoms with Crippen LogP contribution in [-0.4, -0.2) is 28.1 Å². The quantitative estimate of drug-likeness (QED) is 0.286. The molecule has 0 aliphatic heterocycles. The van der Waals surface area contributed by atoms with Gasteiger partial charge in [0.15, 0.2) is 0 Å². The highest BCUT2D eigenvalue weighted by molar-refractivity contribution is 7.92. The van der Waals surface area contributed by atoms with Gasteiger partial charge in [-0.1, -0.05) is 29.8 Å². The first-order valence-electron chi connectivity index (χ1n) is 10.3. The molecule has 11 heteroatoms. The number of aromatic nitrogens is 3. The van der Waals surface area contributed by atoms with E-state index in [1.165, 1.54) is 18.5 Å².